The Labute approximate surface area is 197 Å². The summed E-state index contributed by atoms with van der Waals surface area (Å²) in [5.74, 6) is 1.08. The summed E-state index contributed by atoms with van der Waals surface area (Å²) in [7, 11) is 1.64. The van der Waals surface area contributed by atoms with Gasteiger partial charge in [-0.05, 0) is 23.6 Å². The van der Waals surface area contributed by atoms with Gasteiger partial charge in [0.1, 0.15) is 6.61 Å². The number of ether oxygens (including phenoxy) is 1. The number of alkyl halides is 3. The second kappa shape index (κ2) is 12.1. The highest BCUT2D eigenvalue weighted by Crippen LogP contribution is 2.20. The Hall–Kier alpha value is -2.08. The molecule has 0 bridgehead atoms. The molecular formula is C21H27F3IN5O. The monoisotopic (exact) mass is 549 g/mol. The quantitative estimate of drug-likeness (QED) is 0.314. The standard InChI is InChI=1S/C21H26F3N5O.HI/c1-25-20(28-18-8-10-29(13-18)15-21(22,23)24)27-12-17-7-9-26-19(11-17)30-14-16-5-3-2-4-6-16;/h2-7,9,11,18H,8,10,12-15H2,1H3,(H2,25,27,28);1H. The summed E-state index contributed by atoms with van der Waals surface area (Å²) in [5, 5.41) is 6.39. The summed E-state index contributed by atoms with van der Waals surface area (Å²) in [6.45, 7) is 0.806. The van der Waals surface area contributed by atoms with Crippen molar-refractivity contribution in [1.29, 1.82) is 0 Å². The maximum atomic E-state index is 12.5. The van der Waals surface area contributed by atoms with E-state index in [0.29, 0.717) is 44.5 Å². The molecule has 170 valence electrons. The molecule has 1 aromatic carbocycles. The van der Waals surface area contributed by atoms with Gasteiger partial charge >= 0.3 is 6.18 Å². The Morgan fingerprint density at radius 2 is 2.00 bits per heavy atom. The van der Waals surface area contributed by atoms with Crippen molar-refractivity contribution in [2.75, 3.05) is 26.7 Å². The zero-order chi connectivity index (χ0) is 21.4. The first kappa shape index (κ1) is 25.2. The van der Waals surface area contributed by atoms with E-state index in [9.17, 15) is 13.2 Å². The summed E-state index contributed by atoms with van der Waals surface area (Å²) in [4.78, 5) is 9.81. The van der Waals surface area contributed by atoms with Crippen molar-refractivity contribution in [3.63, 3.8) is 0 Å². The molecule has 0 spiro atoms. The van der Waals surface area contributed by atoms with E-state index in [-0.39, 0.29) is 30.0 Å². The van der Waals surface area contributed by atoms with E-state index in [2.05, 4.69) is 20.6 Å². The van der Waals surface area contributed by atoms with Gasteiger partial charge in [-0.25, -0.2) is 4.98 Å². The van der Waals surface area contributed by atoms with E-state index < -0.39 is 12.7 Å². The van der Waals surface area contributed by atoms with Gasteiger partial charge in [0.2, 0.25) is 5.88 Å². The van der Waals surface area contributed by atoms with Gasteiger partial charge in [-0.3, -0.25) is 9.89 Å². The lowest BCUT2D eigenvalue weighted by atomic mass is 10.2. The summed E-state index contributed by atoms with van der Waals surface area (Å²) in [6, 6.07) is 13.5. The Morgan fingerprint density at radius 1 is 1.23 bits per heavy atom. The number of benzene rings is 1. The maximum Gasteiger partial charge on any atom is 0.401 e. The minimum atomic E-state index is -4.17. The van der Waals surface area contributed by atoms with Gasteiger partial charge in [0.25, 0.3) is 0 Å². The van der Waals surface area contributed by atoms with Crippen LogP contribution in [-0.2, 0) is 13.2 Å². The molecule has 0 aliphatic carbocycles. The first-order chi connectivity index (χ1) is 14.4. The number of aromatic nitrogens is 1. The Balaban J connectivity index is 0.00000341. The van der Waals surface area contributed by atoms with E-state index in [4.69, 9.17) is 4.74 Å². The predicted octanol–water partition coefficient (Wildman–Crippen LogP) is 3.58. The third-order valence-corrected chi connectivity index (χ3v) is 4.73. The molecule has 1 aromatic heterocycles. The number of hydrogen-bond acceptors (Lipinski definition) is 4. The number of nitrogens with one attached hydrogen (secondary N) is 2. The van der Waals surface area contributed by atoms with Crippen molar-refractivity contribution in [2.24, 2.45) is 4.99 Å². The lowest BCUT2D eigenvalue weighted by Crippen LogP contribution is -2.44. The molecule has 3 rings (SSSR count). The number of hydrogen-bond donors (Lipinski definition) is 2. The van der Waals surface area contributed by atoms with Crippen molar-refractivity contribution in [3.05, 3.63) is 59.8 Å². The molecule has 1 fully saturated rings. The van der Waals surface area contributed by atoms with Crippen LogP contribution in [-0.4, -0.2) is 54.7 Å². The van der Waals surface area contributed by atoms with E-state index in [1.54, 1.807) is 13.2 Å². The number of pyridine rings is 1. The van der Waals surface area contributed by atoms with E-state index in [0.717, 1.165) is 11.1 Å². The smallest absolute Gasteiger partial charge is 0.401 e. The van der Waals surface area contributed by atoms with Crippen molar-refractivity contribution < 1.29 is 17.9 Å². The van der Waals surface area contributed by atoms with E-state index in [1.165, 1.54) is 4.90 Å². The highest BCUT2D eigenvalue weighted by atomic mass is 127. The fourth-order valence-electron chi connectivity index (χ4n) is 3.29. The van der Waals surface area contributed by atoms with Gasteiger partial charge < -0.3 is 15.4 Å². The van der Waals surface area contributed by atoms with Gasteiger partial charge in [0.15, 0.2) is 5.96 Å². The largest absolute Gasteiger partial charge is 0.473 e. The maximum absolute atomic E-state index is 12.5. The number of rotatable bonds is 7. The minimum Gasteiger partial charge on any atom is -0.473 e. The molecule has 0 radical (unpaired) electrons. The molecule has 2 aromatic rings. The van der Waals surface area contributed by atoms with E-state index >= 15 is 0 Å². The average molecular weight is 549 g/mol. The number of nitrogens with zero attached hydrogens (tertiary/aromatic N) is 3. The van der Waals surface area contributed by atoms with Crippen LogP contribution in [0.2, 0.25) is 0 Å². The first-order valence-corrected chi connectivity index (χ1v) is 9.79. The first-order valence-electron chi connectivity index (χ1n) is 9.79. The topological polar surface area (TPSA) is 61.8 Å². The lowest BCUT2D eigenvalue weighted by Gasteiger charge is -2.20. The number of likely N-dealkylation sites (tertiary alicyclic amines) is 1. The van der Waals surface area contributed by atoms with Crippen LogP contribution in [0.1, 0.15) is 17.5 Å². The van der Waals surface area contributed by atoms with Gasteiger partial charge in [-0.2, -0.15) is 13.2 Å². The fraction of sp³-hybridized carbons (Fsp3) is 0.429. The molecular weight excluding hydrogens is 522 g/mol. The summed E-state index contributed by atoms with van der Waals surface area (Å²) < 4.78 is 43.4. The SMILES string of the molecule is CN=C(NCc1ccnc(OCc2ccccc2)c1)NC1CCN(CC(F)(F)F)C1.I. The van der Waals surface area contributed by atoms with Crippen LogP contribution in [0.5, 0.6) is 5.88 Å². The van der Waals surface area contributed by atoms with Crippen LogP contribution >= 0.6 is 24.0 Å². The molecule has 1 saturated heterocycles. The number of aliphatic imine (C=N–C) groups is 1. The number of guanidine groups is 1. The average Bonchev–Trinajstić information content (AvgIpc) is 3.15. The molecule has 2 heterocycles. The zero-order valence-corrected chi connectivity index (χ0v) is 19.6. The molecule has 1 unspecified atom stereocenters. The predicted molar refractivity (Wildman–Crippen MR) is 125 cm³/mol. The third kappa shape index (κ3) is 8.90. The van der Waals surface area contributed by atoms with Gasteiger partial charge in [-0.15, -0.1) is 24.0 Å². The molecule has 31 heavy (non-hydrogen) atoms. The molecule has 6 nitrogen and oxygen atoms in total. The minimum absolute atomic E-state index is 0. The second-order valence-corrected chi connectivity index (χ2v) is 7.18. The van der Waals surface area contributed by atoms with Crippen LogP contribution in [0.25, 0.3) is 0 Å². The molecule has 10 heteroatoms. The van der Waals surface area contributed by atoms with Crippen molar-refractivity contribution in [3.8, 4) is 5.88 Å². The third-order valence-electron chi connectivity index (χ3n) is 4.73. The van der Waals surface area contributed by atoms with Crippen LogP contribution in [0.15, 0.2) is 53.7 Å². The number of halogens is 4. The molecule has 0 saturated carbocycles. The molecule has 1 atom stereocenters. The van der Waals surface area contributed by atoms with Crippen LogP contribution in [0.4, 0.5) is 13.2 Å². The van der Waals surface area contributed by atoms with Crippen LogP contribution < -0.4 is 15.4 Å². The Morgan fingerprint density at radius 3 is 2.71 bits per heavy atom. The normalized spacial score (nSPS) is 17.2. The molecule has 1 aliphatic rings. The molecule has 2 N–H and O–H groups in total. The summed E-state index contributed by atoms with van der Waals surface area (Å²) in [5.41, 5.74) is 2.02. The van der Waals surface area contributed by atoms with Crippen molar-refractivity contribution in [2.45, 2.75) is 31.8 Å². The highest BCUT2D eigenvalue weighted by molar-refractivity contribution is 14.0. The zero-order valence-electron chi connectivity index (χ0n) is 17.2. The van der Waals surface area contributed by atoms with Gasteiger partial charge in [-0.1, -0.05) is 30.3 Å². The van der Waals surface area contributed by atoms with Crippen LogP contribution in [0.3, 0.4) is 0 Å². The molecule has 1 aliphatic heterocycles. The second-order valence-electron chi connectivity index (χ2n) is 7.18. The van der Waals surface area contributed by atoms with E-state index in [1.807, 2.05) is 42.5 Å². The molecule has 0 amide bonds. The van der Waals surface area contributed by atoms with Crippen molar-refractivity contribution >= 4 is 29.9 Å². The fourth-order valence-corrected chi connectivity index (χ4v) is 3.29. The van der Waals surface area contributed by atoms with Gasteiger partial charge in [0.05, 0.1) is 6.54 Å². The Bertz CT molecular complexity index is 835. The van der Waals surface area contributed by atoms with Crippen LogP contribution in [0, 0.1) is 0 Å². The Kier molecular flexibility index (Phi) is 9.82. The lowest BCUT2D eigenvalue weighted by molar-refractivity contribution is -0.143. The summed E-state index contributed by atoms with van der Waals surface area (Å²) >= 11 is 0. The van der Waals surface area contributed by atoms with Gasteiger partial charge in [0, 0.05) is 45.0 Å². The summed E-state index contributed by atoms with van der Waals surface area (Å²) in [6.07, 6.45) is -1.85. The van der Waals surface area contributed by atoms with Crippen molar-refractivity contribution in [1.82, 2.24) is 20.5 Å². The highest BCUT2D eigenvalue weighted by Gasteiger charge is 2.34.